The molecule has 4 aromatic rings. The van der Waals surface area contributed by atoms with E-state index in [9.17, 15) is 14.4 Å². The summed E-state index contributed by atoms with van der Waals surface area (Å²) in [4.78, 5) is 46.3. The van der Waals surface area contributed by atoms with Crippen LogP contribution in [-0.4, -0.2) is 69.4 Å². The van der Waals surface area contributed by atoms with Crippen molar-refractivity contribution in [2.45, 2.75) is 25.8 Å². The number of aryl methyl sites for hydroxylation is 1. The highest BCUT2D eigenvalue weighted by molar-refractivity contribution is 6.01. The van der Waals surface area contributed by atoms with Crippen molar-refractivity contribution in [1.29, 1.82) is 0 Å². The van der Waals surface area contributed by atoms with Crippen LogP contribution in [0.3, 0.4) is 0 Å². The second-order valence-electron chi connectivity index (χ2n) is 9.83. The van der Waals surface area contributed by atoms with Crippen molar-refractivity contribution in [3.63, 3.8) is 0 Å². The van der Waals surface area contributed by atoms with Crippen LogP contribution in [0.1, 0.15) is 24.4 Å². The van der Waals surface area contributed by atoms with Gasteiger partial charge in [0.05, 0.1) is 17.1 Å². The first kappa shape index (κ1) is 28.3. The molecule has 1 fully saturated rings. The second-order valence-corrected chi connectivity index (χ2v) is 9.83. The van der Waals surface area contributed by atoms with E-state index in [2.05, 4.69) is 25.9 Å². The van der Waals surface area contributed by atoms with Crippen LogP contribution in [0.5, 0.6) is 0 Å². The summed E-state index contributed by atoms with van der Waals surface area (Å²) < 4.78 is 21.8. The normalized spacial score (nSPS) is 13.5. The fraction of sp³-hybridized carbons (Fsp3) is 0.286. The monoisotopic (exact) mass is 575 g/mol. The van der Waals surface area contributed by atoms with Gasteiger partial charge < -0.3 is 31.3 Å². The smallest absolute Gasteiger partial charge is 0.407 e. The highest BCUT2D eigenvalue weighted by Gasteiger charge is 2.28. The van der Waals surface area contributed by atoms with E-state index < -0.39 is 17.9 Å². The number of nitrogens with two attached hydrogens (primary N) is 1. The zero-order chi connectivity index (χ0) is 29.8. The summed E-state index contributed by atoms with van der Waals surface area (Å²) >= 11 is 0. The maximum atomic E-state index is 15.2. The van der Waals surface area contributed by atoms with Gasteiger partial charge in [-0.2, -0.15) is 5.10 Å². The van der Waals surface area contributed by atoms with E-state index in [0.717, 1.165) is 5.56 Å². The van der Waals surface area contributed by atoms with E-state index in [1.807, 2.05) is 19.1 Å². The number of likely N-dealkylation sites (tertiary alicyclic amines) is 1. The molecule has 0 bridgehead atoms. The van der Waals surface area contributed by atoms with Crippen LogP contribution in [0.4, 0.5) is 31.2 Å². The summed E-state index contributed by atoms with van der Waals surface area (Å²) in [6.45, 7) is 2.42. The number of ether oxygens (including phenoxy) is 1. The van der Waals surface area contributed by atoms with Crippen molar-refractivity contribution in [1.82, 2.24) is 30.0 Å². The Labute approximate surface area is 240 Å². The fourth-order valence-corrected chi connectivity index (χ4v) is 4.87. The first-order chi connectivity index (χ1) is 20.2. The van der Waals surface area contributed by atoms with Gasteiger partial charge in [0.1, 0.15) is 23.7 Å². The average molecular weight is 576 g/mol. The topological polar surface area (TPSA) is 169 Å². The first-order valence-corrected chi connectivity index (χ1v) is 13.3. The zero-order valence-corrected chi connectivity index (χ0v) is 23.1. The largest absolute Gasteiger partial charge is 0.439 e. The molecule has 5 rings (SSSR count). The molecular formula is C28H30FN9O4. The van der Waals surface area contributed by atoms with Crippen LogP contribution in [0, 0.1) is 12.7 Å². The minimum absolute atomic E-state index is 0.00528. The predicted molar refractivity (Wildman–Crippen MR) is 154 cm³/mol. The number of rotatable bonds is 6. The molecule has 0 atom stereocenters. The molecule has 4 amide bonds. The lowest BCUT2D eigenvalue weighted by Crippen LogP contribution is -2.41. The molecule has 0 saturated carbocycles. The Kier molecular flexibility index (Phi) is 8.13. The molecule has 5 N–H and O–H groups in total. The third kappa shape index (κ3) is 6.06. The molecule has 13 nitrogen and oxygen atoms in total. The average Bonchev–Trinajstić information content (AvgIpc) is 3.38. The first-order valence-electron chi connectivity index (χ1n) is 13.3. The quantitative estimate of drug-likeness (QED) is 0.270. The Morgan fingerprint density at radius 3 is 2.60 bits per heavy atom. The van der Waals surface area contributed by atoms with Gasteiger partial charge in [0, 0.05) is 31.4 Å². The van der Waals surface area contributed by atoms with E-state index in [1.54, 1.807) is 27.8 Å². The SMILES string of the molecule is CNC(=O)OCC(=O)N1CCC(n2nc(-c3ccc(NC(=O)Nc4cccc(C)c4)c(F)c3)c3c(N)ncnc32)CC1. The van der Waals surface area contributed by atoms with Gasteiger partial charge in [0.25, 0.3) is 5.91 Å². The summed E-state index contributed by atoms with van der Waals surface area (Å²) in [6.07, 6.45) is 1.81. The minimum Gasteiger partial charge on any atom is -0.439 e. The van der Waals surface area contributed by atoms with Crippen molar-refractivity contribution in [2.24, 2.45) is 0 Å². The number of urea groups is 1. The van der Waals surface area contributed by atoms with Crippen molar-refractivity contribution in [3.05, 3.63) is 60.2 Å². The number of piperidine rings is 1. The molecule has 14 heteroatoms. The van der Waals surface area contributed by atoms with Gasteiger partial charge in [-0.1, -0.05) is 18.2 Å². The lowest BCUT2D eigenvalue weighted by molar-refractivity contribution is -0.135. The maximum absolute atomic E-state index is 15.2. The van der Waals surface area contributed by atoms with Crippen LogP contribution in [0.15, 0.2) is 48.8 Å². The number of alkyl carbamates (subject to hydrolysis) is 1. The van der Waals surface area contributed by atoms with Gasteiger partial charge in [-0.3, -0.25) is 4.79 Å². The van der Waals surface area contributed by atoms with Gasteiger partial charge in [0.15, 0.2) is 12.3 Å². The molecule has 1 saturated heterocycles. The molecular weight excluding hydrogens is 545 g/mol. The molecule has 2 aromatic heterocycles. The molecule has 0 spiro atoms. The van der Waals surface area contributed by atoms with E-state index >= 15 is 4.39 Å². The molecule has 3 heterocycles. The molecule has 218 valence electrons. The Hall–Kier alpha value is -5.27. The summed E-state index contributed by atoms with van der Waals surface area (Å²) in [6, 6.07) is 10.9. The van der Waals surface area contributed by atoms with Crippen molar-refractivity contribution in [2.75, 3.05) is 43.1 Å². The summed E-state index contributed by atoms with van der Waals surface area (Å²) in [5.41, 5.74) is 9.10. The van der Waals surface area contributed by atoms with E-state index in [0.29, 0.717) is 53.9 Å². The third-order valence-electron chi connectivity index (χ3n) is 6.98. The lowest BCUT2D eigenvalue weighted by Gasteiger charge is -2.32. The van der Waals surface area contributed by atoms with E-state index in [-0.39, 0.29) is 30.1 Å². The Morgan fingerprint density at radius 2 is 1.88 bits per heavy atom. The molecule has 1 aliphatic rings. The Balaban J connectivity index is 1.33. The Bertz CT molecular complexity index is 1650. The Morgan fingerprint density at radius 1 is 1.10 bits per heavy atom. The van der Waals surface area contributed by atoms with Gasteiger partial charge in [-0.15, -0.1) is 0 Å². The van der Waals surface area contributed by atoms with Gasteiger partial charge in [-0.05, 0) is 49.6 Å². The van der Waals surface area contributed by atoms with Gasteiger partial charge >= 0.3 is 12.1 Å². The molecule has 42 heavy (non-hydrogen) atoms. The van der Waals surface area contributed by atoms with E-state index in [1.165, 1.54) is 25.5 Å². The van der Waals surface area contributed by atoms with E-state index in [4.69, 9.17) is 15.6 Å². The van der Waals surface area contributed by atoms with Crippen LogP contribution < -0.4 is 21.7 Å². The number of nitrogen functional groups attached to an aromatic ring is 1. The lowest BCUT2D eigenvalue weighted by atomic mass is 10.1. The number of aromatic nitrogens is 4. The molecule has 0 aliphatic carbocycles. The molecule has 0 radical (unpaired) electrons. The predicted octanol–water partition coefficient (Wildman–Crippen LogP) is 3.69. The molecule has 2 aromatic carbocycles. The summed E-state index contributed by atoms with van der Waals surface area (Å²) in [5.74, 6) is -0.748. The number of hydrogen-bond acceptors (Lipinski definition) is 8. The van der Waals surface area contributed by atoms with Crippen molar-refractivity contribution in [3.8, 4) is 11.3 Å². The standard InChI is InChI=1S/C28H30FN9O4/c1-16-4-3-5-18(12-16)34-27(40)35-21-7-6-17(13-20(21)29)24-23-25(30)32-15-33-26(23)38(36-24)19-8-10-37(11-9-19)22(39)14-42-28(41)31-2/h3-7,12-13,15,19H,8-11,14H2,1-2H3,(H,31,41)(H2,30,32,33)(H2,34,35,40). The minimum atomic E-state index is -0.670. The highest BCUT2D eigenvalue weighted by Crippen LogP contribution is 2.35. The van der Waals surface area contributed by atoms with Crippen LogP contribution in [-0.2, 0) is 9.53 Å². The number of fused-ring (bicyclic) bond motifs is 1. The van der Waals surface area contributed by atoms with Gasteiger partial charge in [-0.25, -0.2) is 28.6 Å². The van der Waals surface area contributed by atoms with Gasteiger partial charge in [0.2, 0.25) is 0 Å². The number of carbonyl (C=O) groups is 3. The van der Waals surface area contributed by atoms with Crippen LogP contribution in [0.25, 0.3) is 22.3 Å². The molecule has 1 aliphatic heterocycles. The summed E-state index contributed by atoms with van der Waals surface area (Å²) in [5, 5.41) is 12.8. The summed E-state index contributed by atoms with van der Waals surface area (Å²) in [7, 11) is 1.42. The zero-order valence-electron chi connectivity index (χ0n) is 23.1. The number of amides is 4. The number of nitrogens with one attached hydrogen (secondary N) is 3. The van der Waals surface area contributed by atoms with Crippen LogP contribution in [0.2, 0.25) is 0 Å². The number of carbonyl (C=O) groups excluding carboxylic acids is 3. The number of hydrogen-bond donors (Lipinski definition) is 4. The third-order valence-corrected chi connectivity index (χ3v) is 6.98. The number of halogens is 1. The van der Waals surface area contributed by atoms with Crippen molar-refractivity contribution >= 4 is 46.3 Å². The maximum Gasteiger partial charge on any atom is 0.407 e. The molecule has 0 unspecified atom stereocenters. The second kappa shape index (κ2) is 12.1. The number of nitrogens with zero attached hydrogens (tertiary/aromatic N) is 5. The van der Waals surface area contributed by atoms with Crippen LogP contribution >= 0.6 is 0 Å². The fourth-order valence-electron chi connectivity index (χ4n) is 4.87. The highest BCUT2D eigenvalue weighted by atomic mass is 19.1. The van der Waals surface area contributed by atoms with Crippen molar-refractivity contribution < 1.29 is 23.5 Å². The number of benzene rings is 2. The number of anilines is 3.